The van der Waals surface area contributed by atoms with Crippen LogP contribution in [0.2, 0.25) is 0 Å². The Bertz CT molecular complexity index is 1300. The van der Waals surface area contributed by atoms with Crippen LogP contribution in [0, 0.1) is 0 Å². The summed E-state index contributed by atoms with van der Waals surface area (Å²) in [5, 5.41) is 0.831. The smallest absolute Gasteiger partial charge is 0.146 e. The molecule has 2 N–H and O–H groups in total. The number of hydrogen-bond acceptors (Lipinski definition) is 5. The normalized spacial score (nSPS) is 18.5. The molecule has 1 fully saturated rings. The molecule has 0 bridgehead atoms. The molecule has 4 aromatic rings. The maximum atomic E-state index is 11.6. The first kappa shape index (κ1) is 18.1. The summed E-state index contributed by atoms with van der Waals surface area (Å²) >= 11 is 0. The van der Waals surface area contributed by atoms with Gasteiger partial charge in [0.25, 0.3) is 0 Å². The molecule has 6 heteroatoms. The molecule has 2 aliphatic rings. The second-order valence-electron chi connectivity index (χ2n) is 8.39. The molecule has 31 heavy (non-hydrogen) atoms. The van der Waals surface area contributed by atoms with Crippen molar-refractivity contribution in [3.05, 3.63) is 72.2 Å². The highest BCUT2D eigenvalue weighted by Gasteiger charge is 2.31. The molecule has 0 radical (unpaired) electrons. The maximum absolute atomic E-state index is 11.6. The number of fused-ring (bicyclic) bond motifs is 2. The number of ketones is 1. The van der Waals surface area contributed by atoms with Crippen molar-refractivity contribution in [3.63, 3.8) is 0 Å². The molecule has 154 valence electrons. The van der Waals surface area contributed by atoms with Crippen molar-refractivity contribution in [1.29, 1.82) is 0 Å². The summed E-state index contributed by atoms with van der Waals surface area (Å²) in [5.41, 5.74) is 11.4. The van der Waals surface area contributed by atoms with E-state index in [2.05, 4.69) is 51.1 Å². The number of carbonyl (C=O) groups is 1. The van der Waals surface area contributed by atoms with Gasteiger partial charge < -0.3 is 15.0 Å². The minimum Gasteiger partial charge on any atom is -0.485 e. The van der Waals surface area contributed by atoms with E-state index in [1.165, 1.54) is 17.5 Å². The summed E-state index contributed by atoms with van der Waals surface area (Å²) < 4.78 is 8.49. The third kappa shape index (κ3) is 2.98. The van der Waals surface area contributed by atoms with Crippen molar-refractivity contribution in [1.82, 2.24) is 14.5 Å². The fourth-order valence-corrected chi connectivity index (χ4v) is 4.71. The molecule has 2 aromatic carbocycles. The van der Waals surface area contributed by atoms with Crippen molar-refractivity contribution in [2.45, 2.75) is 37.8 Å². The maximum Gasteiger partial charge on any atom is 0.146 e. The number of nitrogens with two attached hydrogens (primary N) is 1. The number of carbonyl (C=O) groups excluding carboxylic acids is 1. The molecular weight excluding hydrogens is 388 g/mol. The van der Waals surface area contributed by atoms with Gasteiger partial charge in [0.1, 0.15) is 35.4 Å². The van der Waals surface area contributed by atoms with Gasteiger partial charge in [-0.25, -0.2) is 9.97 Å². The van der Waals surface area contributed by atoms with Crippen molar-refractivity contribution < 1.29 is 9.53 Å². The van der Waals surface area contributed by atoms with Gasteiger partial charge in [0.05, 0.1) is 5.39 Å². The quantitative estimate of drug-likeness (QED) is 0.531. The molecule has 1 unspecified atom stereocenters. The van der Waals surface area contributed by atoms with Crippen molar-refractivity contribution in [2.75, 3.05) is 5.73 Å². The SMILES string of the molecule is Nc1ncnc2c1c(-c1ccc3c(c1)OC(c1ccccc1)CC3)cn2C1CC(=O)C1. The zero-order valence-corrected chi connectivity index (χ0v) is 17.0. The van der Waals surface area contributed by atoms with Crippen LogP contribution in [0.15, 0.2) is 61.1 Å². The standard InChI is InChI=1S/C25H22N4O2/c26-24-23-20(13-29(18-11-19(30)12-18)25(23)28-14-27-24)17-7-6-16-8-9-21(31-22(16)10-17)15-4-2-1-3-5-15/h1-7,10,13-14,18,21H,8-9,11-12H2,(H2,26,27,28). The van der Waals surface area contributed by atoms with Crippen LogP contribution < -0.4 is 10.5 Å². The molecule has 6 nitrogen and oxygen atoms in total. The number of aryl methyl sites for hydroxylation is 1. The molecule has 0 spiro atoms. The molecule has 1 saturated carbocycles. The number of aromatic nitrogens is 3. The fourth-order valence-electron chi connectivity index (χ4n) is 4.71. The van der Waals surface area contributed by atoms with E-state index in [0.29, 0.717) is 18.7 Å². The number of ether oxygens (including phenoxy) is 1. The Kier molecular flexibility index (Phi) is 4.06. The summed E-state index contributed by atoms with van der Waals surface area (Å²) in [6.45, 7) is 0. The minimum atomic E-state index is 0.0553. The average molecular weight is 410 g/mol. The largest absolute Gasteiger partial charge is 0.485 e. The number of anilines is 1. The van der Waals surface area contributed by atoms with Gasteiger partial charge in [-0.05, 0) is 35.6 Å². The highest BCUT2D eigenvalue weighted by atomic mass is 16.5. The van der Waals surface area contributed by atoms with E-state index >= 15 is 0 Å². The number of hydrogen-bond donors (Lipinski definition) is 1. The fraction of sp³-hybridized carbons (Fsp3) is 0.240. The van der Waals surface area contributed by atoms with E-state index in [-0.39, 0.29) is 17.9 Å². The van der Waals surface area contributed by atoms with E-state index in [0.717, 1.165) is 40.8 Å². The van der Waals surface area contributed by atoms with Crippen LogP contribution in [0.1, 0.15) is 42.5 Å². The zero-order valence-electron chi connectivity index (χ0n) is 17.0. The third-order valence-corrected chi connectivity index (χ3v) is 6.45. The van der Waals surface area contributed by atoms with E-state index < -0.39 is 0 Å². The molecule has 0 amide bonds. The monoisotopic (exact) mass is 410 g/mol. The van der Waals surface area contributed by atoms with Crippen LogP contribution in [0.3, 0.4) is 0 Å². The molecule has 0 saturated heterocycles. The molecular formula is C25H22N4O2. The Labute approximate surface area is 179 Å². The minimum absolute atomic E-state index is 0.0553. The van der Waals surface area contributed by atoms with Crippen molar-refractivity contribution in [3.8, 4) is 16.9 Å². The molecule has 1 aliphatic carbocycles. The van der Waals surface area contributed by atoms with Crippen LogP contribution in [0.25, 0.3) is 22.2 Å². The predicted molar refractivity (Wildman–Crippen MR) is 119 cm³/mol. The highest BCUT2D eigenvalue weighted by molar-refractivity contribution is 6.01. The van der Waals surface area contributed by atoms with Crippen LogP contribution in [-0.4, -0.2) is 20.3 Å². The summed E-state index contributed by atoms with van der Waals surface area (Å²) in [6.07, 6.45) is 6.63. The predicted octanol–water partition coefficient (Wildman–Crippen LogP) is 4.65. The average Bonchev–Trinajstić information content (AvgIpc) is 3.17. The first-order valence-corrected chi connectivity index (χ1v) is 10.6. The summed E-state index contributed by atoms with van der Waals surface area (Å²) in [4.78, 5) is 20.3. The van der Waals surface area contributed by atoms with Gasteiger partial charge in [-0.3, -0.25) is 4.79 Å². The first-order valence-electron chi connectivity index (χ1n) is 10.6. The molecule has 6 rings (SSSR count). The summed E-state index contributed by atoms with van der Waals surface area (Å²) in [7, 11) is 0. The van der Waals surface area contributed by atoms with Crippen LogP contribution in [-0.2, 0) is 11.2 Å². The second kappa shape index (κ2) is 6.94. The second-order valence-corrected chi connectivity index (χ2v) is 8.39. The molecule has 2 aromatic heterocycles. The Balaban J connectivity index is 1.43. The lowest BCUT2D eigenvalue weighted by Gasteiger charge is -2.27. The van der Waals surface area contributed by atoms with E-state index in [9.17, 15) is 4.79 Å². The highest BCUT2D eigenvalue weighted by Crippen LogP contribution is 2.42. The number of benzene rings is 2. The lowest BCUT2D eigenvalue weighted by atomic mass is 9.91. The van der Waals surface area contributed by atoms with E-state index in [1.54, 1.807) is 0 Å². The number of Topliss-reactive ketones (excluding diaryl/α,β-unsaturated/α-hetero) is 1. The molecule has 1 aliphatic heterocycles. The lowest BCUT2D eigenvalue weighted by Crippen LogP contribution is -2.26. The molecule has 1 atom stereocenters. The lowest BCUT2D eigenvalue weighted by molar-refractivity contribution is -0.126. The Morgan fingerprint density at radius 1 is 1.06 bits per heavy atom. The van der Waals surface area contributed by atoms with Gasteiger partial charge >= 0.3 is 0 Å². The van der Waals surface area contributed by atoms with E-state index in [1.807, 2.05) is 18.2 Å². The van der Waals surface area contributed by atoms with Gasteiger partial charge in [-0.2, -0.15) is 0 Å². The van der Waals surface area contributed by atoms with Gasteiger partial charge in [0.2, 0.25) is 0 Å². The number of nitrogens with zero attached hydrogens (tertiary/aromatic N) is 3. The Morgan fingerprint density at radius 3 is 2.71 bits per heavy atom. The Morgan fingerprint density at radius 2 is 1.90 bits per heavy atom. The van der Waals surface area contributed by atoms with Crippen LogP contribution in [0.4, 0.5) is 5.82 Å². The summed E-state index contributed by atoms with van der Waals surface area (Å²) in [5.74, 6) is 1.64. The third-order valence-electron chi connectivity index (χ3n) is 6.45. The van der Waals surface area contributed by atoms with Crippen molar-refractivity contribution >= 4 is 22.6 Å². The van der Waals surface area contributed by atoms with Gasteiger partial charge in [0, 0.05) is 30.6 Å². The van der Waals surface area contributed by atoms with Gasteiger partial charge in [-0.15, -0.1) is 0 Å². The van der Waals surface area contributed by atoms with Gasteiger partial charge in [-0.1, -0.05) is 42.5 Å². The first-order chi connectivity index (χ1) is 15.2. The van der Waals surface area contributed by atoms with Crippen LogP contribution in [0.5, 0.6) is 5.75 Å². The number of nitrogen functional groups attached to an aromatic ring is 1. The topological polar surface area (TPSA) is 83.0 Å². The number of rotatable bonds is 3. The van der Waals surface area contributed by atoms with Crippen molar-refractivity contribution in [2.24, 2.45) is 0 Å². The summed E-state index contributed by atoms with van der Waals surface area (Å²) in [6, 6.07) is 16.8. The zero-order chi connectivity index (χ0) is 20.9. The molecule has 3 heterocycles. The van der Waals surface area contributed by atoms with Crippen LogP contribution >= 0.6 is 0 Å². The Hall–Kier alpha value is -3.67. The van der Waals surface area contributed by atoms with E-state index in [4.69, 9.17) is 10.5 Å². The van der Waals surface area contributed by atoms with Gasteiger partial charge in [0.15, 0.2) is 0 Å².